The lowest BCUT2D eigenvalue weighted by atomic mass is 10.0. The van der Waals surface area contributed by atoms with Crippen molar-refractivity contribution >= 4 is 11.6 Å². The van der Waals surface area contributed by atoms with Gasteiger partial charge >= 0.3 is 0 Å². The molecule has 3 heterocycles. The molecule has 0 aliphatic carbocycles. The van der Waals surface area contributed by atoms with Crippen LogP contribution in [0.25, 0.3) is 5.65 Å². The number of aryl methyl sites for hydroxylation is 1. The Hall–Kier alpha value is -1.62. The molecule has 1 N–H and O–H groups in total. The van der Waals surface area contributed by atoms with Gasteiger partial charge in [-0.2, -0.15) is 4.98 Å². The summed E-state index contributed by atoms with van der Waals surface area (Å²) in [4.78, 5) is 6.93. The Morgan fingerprint density at radius 1 is 1.45 bits per heavy atom. The predicted octanol–water partition coefficient (Wildman–Crippen LogP) is 2.01. The number of hydrogen-bond donors (Lipinski definition) is 1. The Balaban J connectivity index is 1.79. The van der Waals surface area contributed by atoms with E-state index in [1.54, 1.807) is 0 Å². The summed E-state index contributed by atoms with van der Waals surface area (Å²) >= 11 is 0. The standard InChI is InChI=1S/C15H23N5/c1-3-19(11-13-6-4-5-8-16-13)15-17-14-10-12(2)7-9-20(14)18-15/h7,9-10,13,16H,3-6,8,11H2,1-2H3. The lowest BCUT2D eigenvalue weighted by Crippen LogP contribution is -2.44. The first-order valence-electron chi connectivity index (χ1n) is 7.57. The van der Waals surface area contributed by atoms with Crippen molar-refractivity contribution in [2.45, 2.75) is 39.2 Å². The first kappa shape index (κ1) is 13.4. The Morgan fingerprint density at radius 2 is 2.35 bits per heavy atom. The first-order chi connectivity index (χ1) is 9.76. The normalized spacial score (nSPS) is 19.4. The summed E-state index contributed by atoms with van der Waals surface area (Å²) in [7, 11) is 0. The van der Waals surface area contributed by atoms with Gasteiger partial charge in [0.05, 0.1) is 0 Å². The Labute approximate surface area is 120 Å². The molecule has 1 atom stereocenters. The number of aromatic nitrogens is 3. The van der Waals surface area contributed by atoms with Crippen LogP contribution >= 0.6 is 0 Å². The topological polar surface area (TPSA) is 45.5 Å². The summed E-state index contributed by atoms with van der Waals surface area (Å²) in [6.07, 6.45) is 5.86. The fourth-order valence-electron chi connectivity index (χ4n) is 2.80. The van der Waals surface area contributed by atoms with Crippen LogP contribution in [-0.4, -0.2) is 40.3 Å². The number of nitrogens with zero attached hydrogens (tertiary/aromatic N) is 4. The van der Waals surface area contributed by atoms with Gasteiger partial charge in [0, 0.05) is 25.3 Å². The van der Waals surface area contributed by atoms with Crippen LogP contribution in [0.3, 0.4) is 0 Å². The highest BCUT2D eigenvalue weighted by Crippen LogP contribution is 2.15. The molecule has 108 valence electrons. The molecule has 2 aromatic rings. The van der Waals surface area contributed by atoms with Crippen LogP contribution in [0.15, 0.2) is 18.3 Å². The molecule has 0 bridgehead atoms. The van der Waals surface area contributed by atoms with Gasteiger partial charge in [-0.05, 0) is 50.9 Å². The van der Waals surface area contributed by atoms with E-state index >= 15 is 0 Å². The van der Waals surface area contributed by atoms with E-state index in [1.165, 1.54) is 24.8 Å². The van der Waals surface area contributed by atoms with E-state index in [0.717, 1.165) is 31.2 Å². The maximum Gasteiger partial charge on any atom is 0.245 e. The highest BCUT2D eigenvalue weighted by Gasteiger charge is 2.18. The van der Waals surface area contributed by atoms with E-state index in [-0.39, 0.29) is 0 Å². The number of piperidine rings is 1. The second-order valence-electron chi connectivity index (χ2n) is 5.60. The average molecular weight is 273 g/mol. The van der Waals surface area contributed by atoms with Gasteiger partial charge in [0.15, 0.2) is 5.65 Å². The zero-order valence-electron chi connectivity index (χ0n) is 12.3. The SMILES string of the molecule is CCN(CC1CCCCN1)c1nc2cc(C)ccn2n1. The van der Waals surface area contributed by atoms with Gasteiger partial charge in [0.2, 0.25) is 5.95 Å². The second-order valence-corrected chi connectivity index (χ2v) is 5.60. The van der Waals surface area contributed by atoms with Gasteiger partial charge in [-0.3, -0.25) is 0 Å². The van der Waals surface area contributed by atoms with Crippen molar-refractivity contribution in [1.82, 2.24) is 19.9 Å². The maximum atomic E-state index is 4.66. The summed E-state index contributed by atoms with van der Waals surface area (Å²) in [5, 5.41) is 8.19. The molecule has 3 rings (SSSR count). The zero-order chi connectivity index (χ0) is 13.9. The third-order valence-corrected chi connectivity index (χ3v) is 4.00. The summed E-state index contributed by atoms with van der Waals surface area (Å²) in [5.41, 5.74) is 2.14. The van der Waals surface area contributed by atoms with Crippen molar-refractivity contribution in [1.29, 1.82) is 0 Å². The number of fused-ring (bicyclic) bond motifs is 1. The van der Waals surface area contributed by atoms with Crippen molar-refractivity contribution in [3.63, 3.8) is 0 Å². The molecule has 20 heavy (non-hydrogen) atoms. The first-order valence-corrected chi connectivity index (χ1v) is 7.57. The minimum absolute atomic E-state index is 0.567. The molecule has 0 saturated carbocycles. The van der Waals surface area contributed by atoms with Gasteiger partial charge in [0.1, 0.15) is 0 Å². The summed E-state index contributed by atoms with van der Waals surface area (Å²) in [6.45, 7) is 7.32. The molecule has 2 aromatic heterocycles. The van der Waals surface area contributed by atoms with E-state index in [0.29, 0.717) is 6.04 Å². The van der Waals surface area contributed by atoms with Crippen molar-refractivity contribution in [3.8, 4) is 0 Å². The number of hydrogen-bond acceptors (Lipinski definition) is 4. The molecule has 1 unspecified atom stereocenters. The summed E-state index contributed by atoms with van der Waals surface area (Å²) in [5.74, 6) is 0.838. The van der Waals surface area contributed by atoms with E-state index in [9.17, 15) is 0 Å². The van der Waals surface area contributed by atoms with Crippen molar-refractivity contribution in [3.05, 3.63) is 23.9 Å². The third kappa shape index (κ3) is 2.77. The van der Waals surface area contributed by atoms with Gasteiger partial charge in [-0.25, -0.2) is 4.52 Å². The highest BCUT2D eigenvalue weighted by molar-refractivity contribution is 5.46. The molecule has 1 saturated heterocycles. The molecule has 0 radical (unpaired) electrons. The van der Waals surface area contributed by atoms with Crippen LogP contribution in [0.5, 0.6) is 0 Å². The number of likely N-dealkylation sites (N-methyl/N-ethyl adjacent to an activating group) is 1. The van der Waals surface area contributed by atoms with Gasteiger partial charge < -0.3 is 10.2 Å². The molecule has 0 aromatic carbocycles. The van der Waals surface area contributed by atoms with Crippen LogP contribution in [0.4, 0.5) is 5.95 Å². The molecule has 5 nitrogen and oxygen atoms in total. The van der Waals surface area contributed by atoms with Crippen molar-refractivity contribution < 1.29 is 0 Å². The molecule has 1 aliphatic heterocycles. The van der Waals surface area contributed by atoms with Crippen LogP contribution < -0.4 is 10.2 Å². The lowest BCUT2D eigenvalue weighted by molar-refractivity contribution is 0.399. The van der Waals surface area contributed by atoms with E-state index in [2.05, 4.69) is 46.3 Å². The monoisotopic (exact) mass is 273 g/mol. The zero-order valence-corrected chi connectivity index (χ0v) is 12.3. The van der Waals surface area contributed by atoms with E-state index in [4.69, 9.17) is 0 Å². The van der Waals surface area contributed by atoms with Gasteiger partial charge in [-0.1, -0.05) is 6.42 Å². The van der Waals surface area contributed by atoms with Crippen LogP contribution in [0.1, 0.15) is 31.7 Å². The number of rotatable bonds is 4. The second kappa shape index (κ2) is 5.79. The third-order valence-electron chi connectivity index (χ3n) is 4.00. The minimum Gasteiger partial charge on any atom is -0.338 e. The quantitative estimate of drug-likeness (QED) is 0.925. The Bertz CT molecular complexity index is 571. The molecule has 1 fully saturated rings. The van der Waals surface area contributed by atoms with Crippen LogP contribution in [0, 0.1) is 6.92 Å². The van der Waals surface area contributed by atoms with E-state index < -0.39 is 0 Å². The van der Waals surface area contributed by atoms with Crippen molar-refractivity contribution in [2.75, 3.05) is 24.5 Å². The van der Waals surface area contributed by atoms with Crippen LogP contribution in [0.2, 0.25) is 0 Å². The fraction of sp³-hybridized carbons (Fsp3) is 0.600. The fourth-order valence-corrected chi connectivity index (χ4v) is 2.80. The Morgan fingerprint density at radius 3 is 3.10 bits per heavy atom. The number of nitrogens with one attached hydrogen (secondary N) is 1. The average Bonchev–Trinajstić information content (AvgIpc) is 2.88. The summed E-state index contributed by atoms with van der Waals surface area (Å²) in [6, 6.07) is 4.70. The molecule has 0 amide bonds. The molecule has 0 spiro atoms. The predicted molar refractivity (Wildman–Crippen MR) is 81.3 cm³/mol. The van der Waals surface area contributed by atoms with E-state index in [1.807, 2.05) is 10.7 Å². The van der Waals surface area contributed by atoms with Crippen LogP contribution in [-0.2, 0) is 0 Å². The Kier molecular flexibility index (Phi) is 3.87. The number of pyridine rings is 1. The smallest absolute Gasteiger partial charge is 0.245 e. The lowest BCUT2D eigenvalue weighted by Gasteiger charge is -2.29. The highest BCUT2D eigenvalue weighted by atomic mass is 15.4. The summed E-state index contributed by atoms with van der Waals surface area (Å²) < 4.78 is 1.86. The van der Waals surface area contributed by atoms with Gasteiger partial charge in [0.25, 0.3) is 0 Å². The molecular weight excluding hydrogens is 250 g/mol. The minimum atomic E-state index is 0.567. The maximum absolute atomic E-state index is 4.66. The number of anilines is 1. The molecule has 5 heteroatoms. The molecule has 1 aliphatic rings. The molecular formula is C15H23N5. The largest absolute Gasteiger partial charge is 0.338 e. The van der Waals surface area contributed by atoms with Crippen molar-refractivity contribution in [2.24, 2.45) is 0 Å². The van der Waals surface area contributed by atoms with Gasteiger partial charge in [-0.15, -0.1) is 5.10 Å².